The highest BCUT2D eigenvalue weighted by Crippen LogP contribution is 2.27. The highest BCUT2D eigenvalue weighted by Gasteiger charge is 2.26. The molecule has 1 atom stereocenters. The quantitative estimate of drug-likeness (QED) is 0.846. The fourth-order valence-corrected chi connectivity index (χ4v) is 3.43. The molecule has 1 aliphatic carbocycles. The summed E-state index contributed by atoms with van der Waals surface area (Å²) in [7, 11) is 0. The fraction of sp³-hybridized carbons (Fsp3) is 0.667. The van der Waals surface area contributed by atoms with E-state index in [4.69, 9.17) is 18.0 Å². The lowest BCUT2D eigenvalue weighted by atomic mass is 9.96. The van der Waals surface area contributed by atoms with Crippen LogP contribution < -0.4 is 10.6 Å². The molecular formula is C15H23N5S. The van der Waals surface area contributed by atoms with Gasteiger partial charge in [0.2, 0.25) is 0 Å². The summed E-state index contributed by atoms with van der Waals surface area (Å²) in [5.41, 5.74) is 8.39. The van der Waals surface area contributed by atoms with Gasteiger partial charge in [0.25, 0.3) is 0 Å². The van der Waals surface area contributed by atoms with Crippen molar-refractivity contribution in [3.05, 3.63) is 17.6 Å². The Bertz CT molecular complexity index is 525. The summed E-state index contributed by atoms with van der Waals surface area (Å²) < 4.78 is 0. The van der Waals surface area contributed by atoms with Gasteiger partial charge in [-0.2, -0.15) is 0 Å². The predicted octanol–water partition coefficient (Wildman–Crippen LogP) is 1.15. The van der Waals surface area contributed by atoms with Gasteiger partial charge in [-0.05, 0) is 32.6 Å². The first-order valence-electron chi connectivity index (χ1n) is 7.78. The number of aromatic nitrogens is 2. The number of nitrogens with two attached hydrogens (primary N) is 1. The van der Waals surface area contributed by atoms with Crippen LogP contribution in [-0.2, 0) is 12.8 Å². The van der Waals surface area contributed by atoms with Gasteiger partial charge in [0.05, 0.1) is 11.0 Å². The van der Waals surface area contributed by atoms with Gasteiger partial charge < -0.3 is 10.6 Å². The average Bonchev–Trinajstić information content (AvgIpc) is 2.53. The number of nitrogens with zero attached hydrogens (tertiary/aromatic N) is 4. The minimum absolute atomic E-state index is 0.182. The van der Waals surface area contributed by atoms with Gasteiger partial charge in [0.1, 0.15) is 12.1 Å². The van der Waals surface area contributed by atoms with E-state index < -0.39 is 0 Å². The van der Waals surface area contributed by atoms with E-state index in [1.54, 1.807) is 6.33 Å². The molecule has 114 valence electrons. The van der Waals surface area contributed by atoms with Gasteiger partial charge >= 0.3 is 0 Å². The smallest absolute Gasteiger partial charge is 0.135 e. The monoisotopic (exact) mass is 305 g/mol. The van der Waals surface area contributed by atoms with Crippen LogP contribution in [0.25, 0.3) is 0 Å². The van der Waals surface area contributed by atoms with Crippen LogP contribution in [0.3, 0.4) is 0 Å². The highest BCUT2D eigenvalue weighted by atomic mass is 32.1. The highest BCUT2D eigenvalue weighted by molar-refractivity contribution is 7.80. The largest absolute Gasteiger partial charge is 0.392 e. The Morgan fingerprint density at radius 3 is 2.62 bits per heavy atom. The predicted molar refractivity (Wildman–Crippen MR) is 88.7 cm³/mol. The third-order valence-corrected chi connectivity index (χ3v) is 5.02. The molecule has 0 aromatic carbocycles. The van der Waals surface area contributed by atoms with Crippen LogP contribution in [0.15, 0.2) is 6.33 Å². The zero-order chi connectivity index (χ0) is 14.8. The number of thiocarbonyl (C=S) groups is 1. The van der Waals surface area contributed by atoms with Crippen LogP contribution in [0.2, 0.25) is 0 Å². The first-order valence-corrected chi connectivity index (χ1v) is 8.18. The van der Waals surface area contributed by atoms with Crippen molar-refractivity contribution in [2.45, 2.75) is 38.6 Å². The SMILES string of the molecule is CC(C(N)=S)N1CCN(c2ncnc3c2CCCC3)CC1. The van der Waals surface area contributed by atoms with E-state index in [9.17, 15) is 0 Å². The minimum Gasteiger partial charge on any atom is -0.392 e. The van der Waals surface area contributed by atoms with Gasteiger partial charge in [0, 0.05) is 37.4 Å². The maximum atomic E-state index is 5.76. The molecule has 1 fully saturated rings. The molecule has 6 heteroatoms. The molecule has 1 aromatic heterocycles. The number of anilines is 1. The van der Waals surface area contributed by atoms with E-state index in [1.807, 2.05) is 0 Å². The number of fused-ring (bicyclic) bond motifs is 1. The molecule has 1 unspecified atom stereocenters. The van der Waals surface area contributed by atoms with Gasteiger partial charge in [-0.1, -0.05) is 12.2 Å². The lowest BCUT2D eigenvalue weighted by molar-refractivity contribution is 0.238. The Balaban J connectivity index is 1.71. The van der Waals surface area contributed by atoms with Crippen LogP contribution in [0, 0.1) is 0 Å². The Morgan fingerprint density at radius 1 is 1.19 bits per heavy atom. The zero-order valence-corrected chi connectivity index (χ0v) is 13.4. The van der Waals surface area contributed by atoms with Crippen molar-refractivity contribution < 1.29 is 0 Å². The number of piperazine rings is 1. The maximum Gasteiger partial charge on any atom is 0.135 e. The lowest BCUT2D eigenvalue weighted by Crippen LogP contribution is -2.53. The van der Waals surface area contributed by atoms with Crippen molar-refractivity contribution in [1.82, 2.24) is 14.9 Å². The van der Waals surface area contributed by atoms with Crippen molar-refractivity contribution in [1.29, 1.82) is 0 Å². The van der Waals surface area contributed by atoms with Crippen molar-refractivity contribution in [3.63, 3.8) is 0 Å². The fourth-order valence-electron chi connectivity index (χ4n) is 3.28. The molecular weight excluding hydrogens is 282 g/mol. The van der Waals surface area contributed by atoms with Gasteiger partial charge in [-0.3, -0.25) is 4.90 Å². The average molecular weight is 305 g/mol. The molecule has 21 heavy (non-hydrogen) atoms. The summed E-state index contributed by atoms with van der Waals surface area (Å²) in [6, 6.07) is 0.182. The van der Waals surface area contributed by atoms with Gasteiger partial charge in [0.15, 0.2) is 0 Å². The first kappa shape index (κ1) is 14.7. The topological polar surface area (TPSA) is 58.3 Å². The lowest BCUT2D eigenvalue weighted by Gasteiger charge is -2.39. The van der Waals surface area contributed by atoms with Crippen molar-refractivity contribution >= 4 is 23.0 Å². The number of rotatable bonds is 3. The summed E-state index contributed by atoms with van der Waals surface area (Å²) in [5, 5.41) is 0. The van der Waals surface area contributed by atoms with E-state index >= 15 is 0 Å². The normalized spacial score (nSPS) is 20.9. The molecule has 1 aliphatic heterocycles. The van der Waals surface area contributed by atoms with Crippen LogP contribution >= 0.6 is 12.2 Å². The summed E-state index contributed by atoms with van der Waals surface area (Å²) in [5.74, 6) is 1.15. The van der Waals surface area contributed by atoms with Crippen LogP contribution in [0.1, 0.15) is 31.0 Å². The molecule has 2 heterocycles. The number of hydrogen-bond acceptors (Lipinski definition) is 5. The molecule has 0 saturated carbocycles. The minimum atomic E-state index is 0.182. The Morgan fingerprint density at radius 2 is 1.90 bits per heavy atom. The molecule has 0 bridgehead atoms. The third-order valence-electron chi connectivity index (χ3n) is 4.68. The summed E-state index contributed by atoms with van der Waals surface area (Å²) in [6.45, 7) is 6.02. The van der Waals surface area contributed by atoms with Crippen molar-refractivity contribution in [2.75, 3.05) is 31.1 Å². The second kappa shape index (κ2) is 6.23. The van der Waals surface area contributed by atoms with E-state index in [0.717, 1.165) is 44.8 Å². The van der Waals surface area contributed by atoms with Gasteiger partial charge in [-0.15, -0.1) is 0 Å². The van der Waals surface area contributed by atoms with E-state index in [2.05, 4.69) is 26.7 Å². The molecule has 1 aromatic rings. The molecule has 0 radical (unpaired) electrons. The standard InChI is InChI=1S/C15H23N5S/c1-11(14(16)21)19-6-8-20(9-7-19)15-12-4-2-3-5-13(12)17-10-18-15/h10-11H,2-9H2,1H3,(H2,16,21). The van der Waals surface area contributed by atoms with Crippen LogP contribution in [0.4, 0.5) is 5.82 Å². The molecule has 2 aliphatic rings. The second-order valence-corrected chi connectivity index (χ2v) is 6.40. The Labute approximate surface area is 131 Å². The maximum absolute atomic E-state index is 5.76. The second-order valence-electron chi connectivity index (χ2n) is 5.93. The van der Waals surface area contributed by atoms with Gasteiger partial charge in [-0.25, -0.2) is 9.97 Å². The number of hydrogen-bond donors (Lipinski definition) is 1. The van der Waals surface area contributed by atoms with E-state index in [1.165, 1.54) is 24.1 Å². The summed E-state index contributed by atoms with van der Waals surface area (Å²) in [4.78, 5) is 14.4. The molecule has 1 saturated heterocycles. The molecule has 0 spiro atoms. The molecule has 3 rings (SSSR count). The molecule has 2 N–H and O–H groups in total. The zero-order valence-electron chi connectivity index (χ0n) is 12.6. The molecule has 5 nitrogen and oxygen atoms in total. The Kier molecular flexibility index (Phi) is 4.35. The van der Waals surface area contributed by atoms with Crippen LogP contribution in [0.5, 0.6) is 0 Å². The number of aryl methyl sites for hydroxylation is 1. The first-order chi connectivity index (χ1) is 10.2. The van der Waals surface area contributed by atoms with E-state index in [-0.39, 0.29) is 6.04 Å². The van der Waals surface area contributed by atoms with Crippen molar-refractivity contribution in [3.8, 4) is 0 Å². The molecule has 0 amide bonds. The summed E-state index contributed by atoms with van der Waals surface area (Å²) in [6.07, 6.45) is 6.45. The Hall–Kier alpha value is -1.27. The van der Waals surface area contributed by atoms with Crippen molar-refractivity contribution in [2.24, 2.45) is 5.73 Å². The van der Waals surface area contributed by atoms with E-state index in [0.29, 0.717) is 4.99 Å². The summed E-state index contributed by atoms with van der Waals surface area (Å²) >= 11 is 5.10. The third kappa shape index (κ3) is 3.01. The van der Waals surface area contributed by atoms with Crippen LogP contribution in [-0.4, -0.2) is 52.1 Å².